The highest BCUT2D eigenvalue weighted by Gasteiger charge is 2.49. The average molecular weight is 388 g/mol. The number of carbonyl (C=O) groups excluding carboxylic acids is 1. The molecule has 0 heterocycles. The fourth-order valence-corrected chi connectivity index (χ4v) is 3.01. The molecular weight excluding hydrogens is 355 g/mol. The van der Waals surface area contributed by atoms with Gasteiger partial charge in [-0.2, -0.15) is 13.2 Å². The molecule has 0 fully saturated rings. The Hall–Kier alpha value is -0.630. The van der Waals surface area contributed by atoms with Crippen LogP contribution in [0.2, 0.25) is 0 Å². The lowest BCUT2D eigenvalue weighted by Crippen LogP contribution is -2.53. The first-order valence-electron chi connectivity index (χ1n) is 8.86. The molecule has 1 N–H and O–H groups in total. The van der Waals surface area contributed by atoms with Crippen LogP contribution in [0.1, 0.15) is 73.1 Å². The van der Waals surface area contributed by atoms with Crippen LogP contribution in [0.4, 0.5) is 13.2 Å². The lowest BCUT2D eigenvalue weighted by atomic mass is 9.93. The van der Waals surface area contributed by atoms with E-state index in [2.05, 4.69) is 4.72 Å². The van der Waals surface area contributed by atoms with E-state index in [-0.39, 0.29) is 13.0 Å². The van der Waals surface area contributed by atoms with Crippen molar-refractivity contribution < 1.29 is 26.9 Å². The van der Waals surface area contributed by atoms with Gasteiger partial charge in [0.15, 0.2) is 0 Å². The van der Waals surface area contributed by atoms with Crippen LogP contribution < -0.4 is 4.72 Å². The van der Waals surface area contributed by atoms with E-state index in [1.807, 2.05) is 13.8 Å². The van der Waals surface area contributed by atoms with Crippen molar-refractivity contribution in [2.24, 2.45) is 5.92 Å². The van der Waals surface area contributed by atoms with Crippen molar-refractivity contribution >= 4 is 17.0 Å². The van der Waals surface area contributed by atoms with Crippen LogP contribution in [-0.4, -0.2) is 33.8 Å². The van der Waals surface area contributed by atoms with Crippen LogP contribution in [0.15, 0.2) is 0 Å². The lowest BCUT2D eigenvalue weighted by molar-refractivity contribution is -0.179. The van der Waals surface area contributed by atoms with Gasteiger partial charge < -0.3 is 4.74 Å². The fraction of sp³-hybridized carbons (Fsp3) is 0.941. The van der Waals surface area contributed by atoms with E-state index in [0.717, 1.165) is 19.3 Å². The summed E-state index contributed by atoms with van der Waals surface area (Å²) >= 11 is 0. The largest absolute Gasteiger partial charge is 0.465 e. The molecule has 0 spiro atoms. The normalized spacial score (nSPS) is 16.3. The summed E-state index contributed by atoms with van der Waals surface area (Å²) in [5.74, 6) is -2.26. The Morgan fingerprint density at radius 3 is 2.08 bits per heavy atom. The number of hydrogen-bond donors (Lipinski definition) is 1. The predicted molar refractivity (Wildman–Crippen MR) is 94.4 cm³/mol. The third-order valence-corrected chi connectivity index (χ3v) is 5.29. The molecule has 0 saturated carbocycles. The van der Waals surface area contributed by atoms with E-state index < -0.39 is 39.8 Å². The second kappa shape index (κ2) is 11.2. The van der Waals surface area contributed by atoms with E-state index in [9.17, 15) is 22.2 Å². The first kappa shape index (κ1) is 24.4. The Morgan fingerprint density at radius 2 is 1.64 bits per heavy atom. The summed E-state index contributed by atoms with van der Waals surface area (Å²) in [5.41, 5.74) is 0. The molecule has 0 unspecified atom stereocenters. The van der Waals surface area contributed by atoms with Gasteiger partial charge in [-0.1, -0.05) is 39.5 Å². The molecule has 0 aliphatic rings. The van der Waals surface area contributed by atoms with Gasteiger partial charge in [0, 0.05) is 0 Å². The highest BCUT2D eigenvalue weighted by molar-refractivity contribution is 7.84. The smallest absolute Gasteiger partial charge is 0.405 e. The topological polar surface area (TPSA) is 55.4 Å². The van der Waals surface area contributed by atoms with Gasteiger partial charge in [0.25, 0.3) is 0 Å². The summed E-state index contributed by atoms with van der Waals surface area (Å²) in [5, 5.41) is 0. The zero-order chi connectivity index (χ0) is 19.7. The molecule has 0 radical (unpaired) electrons. The monoisotopic (exact) mass is 387 g/mol. The van der Waals surface area contributed by atoms with Gasteiger partial charge in [-0.05, 0) is 33.6 Å². The number of nitrogens with one attached hydrogen (secondary N) is 1. The molecule has 0 saturated heterocycles. The van der Waals surface area contributed by atoms with Gasteiger partial charge in [-0.15, -0.1) is 0 Å². The standard InChI is InChI=1S/C17H32F3NO3S/c1-6-8-10-11-13(15(22)24-12-9-7-2)14(17(18,19)20)21-25(23)16(3,4)5/h13-14,21H,6-12H2,1-5H3/t13-,14-,25-/m0/s1. The molecule has 0 aromatic rings. The van der Waals surface area contributed by atoms with E-state index in [4.69, 9.17) is 4.74 Å². The molecule has 0 bridgehead atoms. The Labute approximate surface area is 151 Å². The molecule has 0 aliphatic heterocycles. The molecule has 4 nitrogen and oxygen atoms in total. The molecular formula is C17H32F3NO3S. The molecule has 3 atom stereocenters. The SMILES string of the molecule is CCCCC[C@H](C(=O)OCCCC)[C@H](N[S@@](=O)C(C)(C)C)C(F)(F)F. The van der Waals surface area contributed by atoms with Gasteiger partial charge >= 0.3 is 12.1 Å². The second-order valence-corrected chi connectivity index (χ2v) is 9.14. The predicted octanol–water partition coefficient (Wildman–Crippen LogP) is 4.51. The van der Waals surface area contributed by atoms with Crippen molar-refractivity contribution in [3.8, 4) is 0 Å². The molecule has 0 rings (SSSR count). The molecule has 150 valence electrons. The van der Waals surface area contributed by atoms with Gasteiger partial charge in [0.05, 0.1) is 28.3 Å². The third kappa shape index (κ3) is 9.58. The van der Waals surface area contributed by atoms with E-state index in [0.29, 0.717) is 12.8 Å². The summed E-state index contributed by atoms with van der Waals surface area (Å²) < 4.78 is 59.2. The number of hydrogen-bond acceptors (Lipinski definition) is 3. The van der Waals surface area contributed by atoms with Gasteiger partial charge in [-0.25, -0.2) is 8.93 Å². The van der Waals surface area contributed by atoms with Crippen molar-refractivity contribution in [2.45, 2.75) is 90.1 Å². The van der Waals surface area contributed by atoms with Crippen molar-refractivity contribution in [1.82, 2.24) is 4.72 Å². The highest BCUT2D eigenvalue weighted by Crippen LogP contribution is 2.31. The van der Waals surface area contributed by atoms with Crippen LogP contribution >= 0.6 is 0 Å². The van der Waals surface area contributed by atoms with Crippen molar-refractivity contribution in [3.05, 3.63) is 0 Å². The molecule has 25 heavy (non-hydrogen) atoms. The van der Waals surface area contributed by atoms with Crippen LogP contribution in [0, 0.1) is 5.92 Å². The second-order valence-electron chi connectivity index (χ2n) is 7.14. The van der Waals surface area contributed by atoms with Gasteiger partial charge in [0.1, 0.15) is 6.04 Å². The first-order valence-corrected chi connectivity index (χ1v) is 10.0. The summed E-state index contributed by atoms with van der Waals surface area (Å²) in [4.78, 5) is 12.3. The number of halogens is 3. The minimum atomic E-state index is -4.69. The molecule has 0 aromatic heterocycles. The molecule has 0 aromatic carbocycles. The fourth-order valence-electron chi connectivity index (χ4n) is 2.13. The first-order chi connectivity index (χ1) is 11.4. The van der Waals surface area contributed by atoms with Gasteiger partial charge in [0.2, 0.25) is 0 Å². The molecule has 0 aliphatic carbocycles. The Bertz CT molecular complexity index is 422. The summed E-state index contributed by atoms with van der Waals surface area (Å²) in [7, 11) is -1.94. The van der Waals surface area contributed by atoms with Crippen LogP contribution in [-0.2, 0) is 20.5 Å². The number of ether oxygens (including phenoxy) is 1. The number of rotatable bonds is 11. The zero-order valence-electron chi connectivity index (χ0n) is 15.9. The lowest BCUT2D eigenvalue weighted by Gasteiger charge is -2.30. The Morgan fingerprint density at radius 1 is 1.08 bits per heavy atom. The zero-order valence-corrected chi connectivity index (χ0v) is 16.7. The maximum absolute atomic E-state index is 13.6. The summed E-state index contributed by atoms with van der Waals surface area (Å²) in [6.07, 6.45) is -1.21. The number of unbranched alkanes of at least 4 members (excludes halogenated alkanes) is 3. The van der Waals surface area contributed by atoms with Crippen molar-refractivity contribution in [1.29, 1.82) is 0 Å². The number of esters is 1. The highest BCUT2D eigenvalue weighted by atomic mass is 32.2. The summed E-state index contributed by atoms with van der Waals surface area (Å²) in [6.45, 7) is 8.67. The number of alkyl halides is 3. The third-order valence-electron chi connectivity index (χ3n) is 3.71. The van der Waals surface area contributed by atoms with Crippen LogP contribution in [0.5, 0.6) is 0 Å². The van der Waals surface area contributed by atoms with Gasteiger partial charge in [-0.3, -0.25) is 4.79 Å². The average Bonchev–Trinajstić information content (AvgIpc) is 2.47. The minimum absolute atomic E-state index is 0.0529. The van der Waals surface area contributed by atoms with Crippen molar-refractivity contribution in [2.75, 3.05) is 6.61 Å². The number of carbonyl (C=O) groups is 1. The van der Waals surface area contributed by atoms with E-state index in [1.165, 1.54) is 0 Å². The Kier molecular flexibility index (Phi) is 10.9. The molecule has 0 amide bonds. The molecule has 8 heteroatoms. The summed E-state index contributed by atoms with van der Waals surface area (Å²) in [6, 6.07) is -2.18. The van der Waals surface area contributed by atoms with E-state index >= 15 is 0 Å². The minimum Gasteiger partial charge on any atom is -0.465 e. The van der Waals surface area contributed by atoms with E-state index in [1.54, 1.807) is 20.8 Å². The Balaban J connectivity index is 5.36. The maximum Gasteiger partial charge on any atom is 0.405 e. The quantitative estimate of drug-likeness (QED) is 0.419. The maximum atomic E-state index is 13.6. The van der Waals surface area contributed by atoms with Crippen LogP contribution in [0.25, 0.3) is 0 Å². The van der Waals surface area contributed by atoms with Crippen LogP contribution in [0.3, 0.4) is 0 Å². The van der Waals surface area contributed by atoms with Crippen molar-refractivity contribution in [3.63, 3.8) is 0 Å².